The summed E-state index contributed by atoms with van der Waals surface area (Å²) in [6, 6.07) is 4.62. The number of carbonyl (C=O) groups excluding carboxylic acids is 4. The number of alkyl carbamates (subject to hydrolysis) is 1. The number of unbranched alkanes of at least 4 members (excludes halogenated alkanes) is 2. The minimum atomic E-state index is -1.03. The first-order valence-corrected chi connectivity index (χ1v) is 13.3. The Hall–Kier alpha value is -3.82. The SMILES string of the molecule is C=CCCCCOC(=O)NC(C(=O)NC(Cc1cccc(OC(=O)OCC=C)c1)C(=O)OC)C1CCCCC1. The van der Waals surface area contributed by atoms with Crippen LogP contribution in [0.25, 0.3) is 0 Å². The van der Waals surface area contributed by atoms with Crippen molar-refractivity contribution in [3.63, 3.8) is 0 Å². The number of amides is 2. The number of hydrogen-bond donors (Lipinski definition) is 2. The summed E-state index contributed by atoms with van der Waals surface area (Å²) in [6.45, 7) is 7.39. The molecule has 10 nitrogen and oxygen atoms in total. The molecule has 10 heteroatoms. The lowest BCUT2D eigenvalue weighted by atomic mass is 9.83. The molecule has 2 N–H and O–H groups in total. The lowest BCUT2D eigenvalue weighted by Crippen LogP contribution is -2.55. The molecule has 0 aliphatic heterocycles. The number of ether oxygens (including phenoxy) is 4. The standard InChI is InChI=1S/C29H40N2O8/c1-4-6-7-11-18-37-28(34)31-25(22-14-9-8-10-15-22)26(32)30-24(27(33)36-3)20-21-13-12-16-23(19-21)39-29(35)38-17-5-2/h4-5,12-13,16,19,22,24-25H,1-2,6-11,14-15,17-18,20H2,3H3,(H,30,32)(H,31,34). The zero-order valence-corrected chi connectivity index (χ0v) is 22.7. The predicted octanol–water partition coefficient (Wildman–Crippen LogP) is 4.62. The fourth-order valence-electron chi connectivity index (χ4n) is 4.41. The fraction of sp³-hybridized carbons (Fsp3) is 0.517. The molecule has 0 radical (unpaired) electrons. The van der Waals surface area contributed by atoms with Gasteiger partial charge >= 0.3 is 18.2 Å². The Kier molecular flexibility index (Phi) is 14.2. The average molecular weight is 545 g/mol. The molecule has 39 heavy (non-hydrogen) atoms. The fourth-order valence-corrected chi connectivity index (χ4v) is 4.41. The van der Waals surface area contributed by atoms with Crippen molar-refractivity contribution in [1.82, 2.24) is 10.6 Å². The summed E-state index contributed by atoms with van der Waals surface area (Å²) < 4.78 is 20.2. The third-order valence-electron chi connectivity index (χ3n) is 6.37. The molecule has 2 atom stereocenters. The summed E-state index contributed by atoms with van der Waals surface area (Å²) in [5.41, 5.74) is 0.612. The van der Waals surface area contributed by atoms with Gasteiger partial charge in [0.1, 0.15) is 24.4 Å². The van der Waals surface area contributed by atoms with Crippen LogP contribution in [0.4, 0.5) is 9.59 Å². The monoisotopic (exact) mass is 544 g/mol. The molecule has 0 bridgehead atoms. The van der Waals surface area contributed by atoms with Crippen molar-refractivity contribution < 1.29 is 38.1 Å². The van der Waals surface area contributed by atoms with E-state index in [9.17, 15) is 19.2 Å². The van der Waals surface area contributed by atoms with Crippen LogP contribution >= 0.6 is 0 Å². The van der Waals surface area contributed by atoms with E-state index in [0.29, 0.717) is 12.0 Å². The van der Waals surface area contributed by atoms with Gasteiger partial charge in [-0.25, -0.2) is 14.4 Å². The number of methoxy groups -OCH3 is 1. The molecule has 1 aromatic carbocycles. The van der Waals surface area contributed by atoms with E-state index in [1.165, 1.54) is 13.2 Å². The van der Waals surface area contributed by atoms with E-state index in [1.807, 2.05) is 6.08 Å². The van der Waals surface area contributed by atoms with Crippen molar-refractivity contribution in [3.8, 4) is 5.75 Å². The smallest absolute Gasteiger partial charge is 0.467 e. The normalized spacial score (nSPS) is 14.7. The van der Waals surface area contributed by atoms with Crippen molar-refractivity contribution in [2.75, 3.05) is 20.3 Å². The number of esters is 1. The Morgan fingerprint density at radius 3 is 2.49 bits per heavy atom. The lowest BCUT2D eigenvalue weighted by Gasteiger charge is -2.30. The maximum atomic E-state index is 13.4. The van der Waals surface area contributed by atoms with Crippen molar-refractivity contribution in [2.24, 2.45) is 5.92 Å². The van der Waals surface area contributed by atoms with Gasteiger partial charge in [-0.3, -0.25) is 4.79 Å². The minimum Gasteiger partial charge on any atom is -0.467 e. The summed E-state index contributed by atoms with van der Waals surface area (Å²) in [5, 5.41) is 5.48. The van der Waals surface area contributed by atoms with Gasteiger partial charge in [-0.05, 0) is 55.7 Å². The summed E-state index contributed by atoms with van der Waals surface area (Å²) >= 11 is 0. The van der Waals surface area contributed by atoms with Gasteiger partial charge in [0.2, 0.25) is 5.91 Å². The highest BCUT2D eigenvalue weighted by molar-refractivity contribution is 5.90. The molecule has 2 unspecified atom stereocenters. The van der Waals surface area contributed by atoms with Crippen LogP contribution in [0, 0.1) is 5.92 Å². The molecule has 1 fully saturated rings. The first-order valence-electron chi connectivity index (χ1n) is 13.3. The molecule has 2 rings (SSSR count). The third-order valence-corrected chi connectivity index (χ3v) is 6.37. The summed E-state index contributed by atoms with van der Waals surface area (Å²) in [7, 11) is 1.23. The predicted molar refractivity (Wildman–Crippen MR) is 145 cm³/mol. The third kappa shape index (κ3) is 11.6. The molecule has 1 saturated carbocycles. The number of allylic oxidation sites excluding steroid dienone is 1. The van der Waals surface area contributed by atoms with Gasteiger partial charge in [0.25, 0.3) is 0 Å². The van der Waals surface area contributed by atoms with Crippen LogP contribution in [0.3, 0.4) is 0 Å². The highest BCUT2D eigenvalue weighted by atomic mass is 16.7. The highest BCUT2D eigenvalue weighted by Crippen LogP contribution is 2.27. The van der Waals surface area contributed by atoms with Gasteiger partial charge in [-0.1, -0.05) is 50.1 Å². The van der Waals surface area contributed by atoms with Crippen LogP contribution in [-0.2, 0) is 30.2 Å². The molecule has 0 aromatic heterocycles. The van der Waals surface area contributed by atoms with Crippen molar-refractivity contribution in [3.05, 3.63) is 55.1 Å². The van der Waals surface area contributed by atoms with Crippen LogP contribution in [0.15, 0.2) is 49.6 Å². The quantitative estimate of drug-likeness (QED) is 0.108. The maximum absolute atomic E-state index is 13.4. The molecule has 0 spiro atoms. The summed E-state index contributed by atoms with van der Waals surface area (Å²) in [4.78, 5) is 50.3. The van der Waals surface area contributed by atoms with E-state index < -0.39 is 36.2 Å². The van der Waals surface area contributed by atoms with Crippen LogP contribution in [0.1, 0.15) is 56.9 Å². The zero-order valence-electron chi connectivity index (χ0n) is 22.7. The van der Waals surface area contributed by atoms with E-state index in [4.69, 9.17) is 18.9 Å². The van der Waals surface area contributed by atoms with Crippen molar-refractivity contribution >= 4 is 24.1 Å². The van der Waals surface area contributed by atoms with Crippen molar-refractivity contribution in [1.29, 1.82) is 0 Å². The number of hydrogen-bond acceptors (Lipinski definition) is 8. The maximum Gasteiger partial charge on any atom is 0.514 e. The average Bonchev–Trinajstić information content (AvgIpc) is 2.94. The van der Waals surface area contributed by atoms with Crippen LogP contribution in [-0.4, -0.2) is 56.5 Å². The molecule has 0 saturated heterocycles. The second kappa shape index (κ2) is 17.6. The van der Waals surface area contributed by atoms with Gasteiger partial charge < -0.3 is 29.6 Å². The molecular weight excluding hydrogens is 504 g/mol. The van der Waals surface area contributed by atoms with Gasteiger partial charge in [0.15, 0.2) is 0 Å². The Labute approximate surface area is 230 Å². The number of carbonyl (C=O) groups is 4. The minimum absolute atomic E-state index is 0.00796. The Morgan fingerprint density at radius 1 is 1.03 bits per heavy atom. The van der Waals surface area contributed by atoms with Crippen LogP contribution in [0.2, 0.25) is 0 Å². The van der Waals surface area contributed by atoms with E-state index >= 15 is 0 Å². The van der Waals surface area contributed by atoms with Crippen LogP contribution < -0.4 is 15.4 Å². The van der Waals surface area contributed by atoms with E-state index in [0.717, 1.165) is 44.9 Å². The van der Waals surface area contributed by atoms with Crippen molar-refractivity contribution in [2.45, 2.75) is 69.9 Å². The number of nitrogens with one attached hydrogen (secondary N) is 2. The molecule has 2 amide bonds. The second-order valence-corrected chi connectivity index (χ2v) is 9.33. The van der Waals surface area contributed by atoms with E-state index in [2.05, 4.69) is 23.8 Å². The lowest BCUT2D eigenvalue weighted by molar-refractivity contribution is -0.145. The molecule has 1 aliphatic carbocycles. The number of rotatable bonds is 15. The van der Waals surface area contributed by atoms with Gasteiger partial charge in [-0.15, -0.1) is 6.58 Å². The topological polar surface area (TPSA) is 129 Å². The number of benzene rings is 1. The summed E-state index contributed by atoms with van der Waals surface area (Å²) in [6.07, 6.45) is 8.66. The molecule has 0 heterocycles. The van der Waals surface area contributed by atoms with Gasteiger partial charge in [-0.2, -0.15) is 0 Å². The zero-order chi connectivity index (χ0) is 28.5. The first kappa shape index (κ1) is 31.4. The van der Waals surface area contributed by atoms with Gasteiger partial charge in [0, 0.05) is 6.42 Å². The second-order valence-electron chi connectivity index (χ2n) is 9.33. The Balaban J connectivity index is 2.09. The highest BCUT2D eigenvalue weighted by Gasteiger charge is 2.34. The molecule has 1 aromatic rings. The van der Waals surface area contributed by atoms with Gasteiger partial charge in [0.05, 0.1) is 13.7 Å². The van der Waals surface area contributed by atoms with E-state index in [-0.39, 0.29) is 31.3 Å². The molecular formula is C29H40N2O8. The van der Waals surface area contributed by atoms with Crippen LogP contribution in [0.5, 0.6) is 5.75 Å². The largest absolute Gasteiger partial charge is 0.514 e. The molecule has 1 aliphatic rings. The Morgan fingerprint density at radius 2 is 1.79 bits per heavy atom. The first-order chi connectivity index (χ1) is 18.9. The van der Waals surface area contributed by atoms with E-state index in [1.54, 1.807) is 24.3 Å². The summed E-state index contributed by atoms with van der Waals surface area (Å²) in [5.74, 6) is -0.994. The molecule has 214 valence electrons. The Bertz CT molecular complexity index is 974.